The first-order chi connectivity index (χ1) is 6.20. The monoisotopic (exact) mass is 213 g/mol. The summed E-state index contributed by atoms with van der Waals surface area (Å²) in [6, 6.07) is 7.88. The van der Waals surface area contributed by atoms with Crippen LogP contribution in [0, 0.1) is 0 Å². The Hall–Kier alpha value is -0.660. The minimum atomic E-state index is -0.192. The maximum atomic E-state index is 6.15. The van der Waals surface area contributed by atoms with Gasteiger partial charge in [-0.3, -0.25) is 0 Å². The van der Waals surface area contributed by atoms with E-state index in [4.69, 9.17) is 23.2 Å². The molecule has 0 aromatic heterocycles. The fourth-order valence-corrected chi connectivity index (χ4v) is 1.93. The van der Waals surface area contributed by atoms with Gasteiger partial charge < -0.3 is 5.32 Å². The SMILES string of the molecule is CC1=C(Cl)c2ccccc2NC1Cl. The number of hydrogen-bond donors (Lipinski definition) is 1. The van der Waals surface area contributed by atoms with Crippen molar-refractivity contribution >= 4 is 33.9 Å². The van der Waals surface area contributed by atoms with Gasteiger partial charge in [-0.1, -0.05) is 41.4 Å². The van der Waals surface area contributed by atoms with Crippen LogP contribution in [-0.2, 0) is 0 Å². The zero-order chi connectivity index (χ0) is 9.42. The van der Waals surface area contributed by atoms with Gasteiger partial charge in [0.05, 0.1) is 5.03 Å². The molecular formula is C10H9Cl2N. The minimum absolute atomic E-state index is 0.192. The molecule has 1 aromatic carbocycles. The van der Waals surface area contributed by atoms with Gasteiger partial charge >= 0.3 is 0 Å². The first kappa shape index (κ1) is 8.92. The molecule has 0 fully saturated rings. The van der Waals surface area contributed by atoms with Crippen molar-refractivity contribution in [1.29, 1.82) is 0 Å². The van der Waals surface area contributed by atoms with E-state index in [1.807, 2.05) is 31.2 Å². The summed E-state index contributed by atoms with van der Waals surface area (Å²) in [5.74, 6) is 0. The molecule has 68 valence electrons. The zero-order valence-corrected chi connectivity index (χ0v) is 8.65. The lowest BCUT2D eigenvalue weighted by Crippen LogP contribution is -2.19. The van der Waals surface area contributed by atoms with Crippen molar-refractivity contribution < 1.29 is 0 Å². The molecule has 0 radical (unpaired) electrons. The predicted octanol–water partition coefficient (Wildman–Crippen LogP) is 3.65. The van der Waals surface area contributed by atoms with Crippen molar-refractivity contribution in [2.75, 3.05) is 5.32 Å². The van der Waals surface area contributed by atoms with Crippen LogP contribution in [0.2, 0.25) is 0 Å². The van der Waals surface area contributed by atoms with Crippen LogP contribution >= 0.6 is 23.2 Å². The Bertz CT molecular complexity index is 371. The molecule has 1 atom stereocenters. The highest BCUT2D eigenvalue weighted by Crippen LogP contribution is 2.36. The first-order valence-electron chi connectivity index (χ1n) is 4.06. The third kappa shape index (κ3) is 1.43. The lowest BCUT2D eigenvalue weighted by Gasteiger charge is -2.23. The van der Waals surface area contributed by atoms with Gasteiger partial charge in [-0.25, -0.2) is 0 Å². The van der Waals surface area contributed by atoms with Gasteiger partial charge in [0.1, 0.15) is 5.50 Å². The summed E-state index contributed by atoms with van der Waals surface area (Å²) < 4.78 is 0. The van der Waals surface area contributed by atoms with Crippen molar-refractivity contribution in [2.45, 2.75) is 12.4 Å². The lowest BCUT2D eigenvalue weighted by atomic mass is 10.1. The lowest BCUT2D eigenvalue weighted by molar-refractivity contribution is 1.11. The second-order valence-electron chi connectivity index (χ2n) is 3.05. The van der Waals surface area contributed by atoms with Crippen molar-refractivity contribution in [3.8, 4) is 0 Å². The molecule has 1 aliphatic heterocycles. The number of hydrogen-bond acceptors (Lipinski definition) is 1. The summed E-state index contributed by atoms with van der Waals surface area (Å²) in [6.07, 6.45) is 0. The minimum Gasteiger partial charge on any atom is -0.365 e. The Labute approximate surface area is 87.4 Å². The van der Waals surface area contributed by atoms with Crippen molar-refractivity contribution in [3.05, 3.63) is 35.4 Å². The predicted molar refractivity (Wildman–Crippen MR) is 58.2 cm³/mol. The number of fused-ring (bicyclic) bond motifs is 1. The average molecular weight is 214 g/mol. The second kappa shape index (κ2) is 3.24. The first-order valence-corrected chi connectivity index (χ1v) is 4.88. The van der Waals surface area contributed by atoms with Crippen molar-refractivity contribution in [3.63, 3.8) is 0 Å². The summed E-state index contributed by atoms with van der Waals surface area (Å²) >= 11 is 12.2. The Morgan fingerprint density at radius 2 is 2.00 bits per heavy atom. The van der Waals surface area contributed by atoms with Gasteiger partial charge in [-0.15, -0.1) is 0 Å². The Morgan fingerprint density at radius 3 is 2.77 bits per heavy atom. The normalized spacial score (nSPS) is 21.0. The van der Waals surface area contributed by atoms with Gasteiger partial charge in [0, 0.05) is 11.3 Å². The maximum Gasteiger partial charge on any atom is 0.124 e. The molecule has 3 heteroatoms. The van der Waals surface area contributed by atoms with Crippen molar-refractivity contribution in [2.24, 2.45) is 0 Å². The van der Waals surface area contributed by atoms with E-state index in [1.54, 1.807) is 0 Å². The van der Waals surface area contributed by atoms with Gasteiger partial charge in [-0.2, -0.15) is 0 Å². The number of para-hydroxylation sites is 1. The zero-order valence-electron chi connectivity index (χ0n) is 7.14. The smallest absolute Gasteiger partial charge is 0.124 e. The largest absolute Gasteiger partial charge is 0.365 e. The number of alkyl halides is 1. The molecule has 0 spiro atoms. The Balaban J connectivity index is 2.59. The summed E-state index contributed by atoms with van der Waals surface area (Å²) in [5.41, 5.74) is 2.81. The Morgan fingerprint density at radius 1 is 1.31 bits per heavy atom. The van der Waals surface area contributed by atoms with E-state index < -0.39 is 0 Å². The molecule has 1 unspecified atom stereocenters. The molecule has 13 heavy (non-hydrogen) atoms. The summed E-state index contributed by atoms with van der Waals surface area (Å²) in [7, 11) is 0. The fraction of sp³-hybridized carbons (Fsp3) is 0.200. The average Bonchev–Trinajstić information content (AvgIpc) is 2.15. The molecule has 0 saturated heterocycles. The van der Waals surface area contributed by atoms with Crippen LogP contribution in [0.25, 0.3) is 5.03 Å². The number of anilines is 1. The summed E-state index contributed by atoms with van der Waals surface area (Å²) in [6.45, 7) is 1.93. The molecule has 1 N–H and O–H groups in total. The van der Waals surface area contributed by atoms with Crippen LogP contribution in [0.5, 0.6) is 0 Å². The van der Waals surface area contributed by atoms with E-state index in [0.29, 0.717) is 0 Å². The topological polar surface area (TPSA) is 12.0 Å². The van der Waals surface area contributed by atoms with E-state index in [2.05, 4.69) is 5.32 Å². The number of nitrogens with one attached hydrogen (secondary N) is 1. The molecule has 1 aromatic rings. The molecule has 2 rings (SSSR count). The number of halogens is 2. The van der Waals surface area contributed by atoms with E-state index in [1.165, 1.54) is 0 Å². The van der Waals surface area contributed by atoms with E-state index in [9.17, 15) is 0 Å². The second-order valence-corrected chi connectivity index (χ2v) is 3.86. The standard InChI is InChI=1S/C10H9Cl2N/c1-6-9(11)7-4-2-3-5-8(7)13-10(6)12/h2-5,10,13H,1H3. The van der Waals surface area contributed by atoms with Crippen LogP contribution in [0.15, 0.2) is 29.8 Å². The van der Waals surface area contributed by atoms with Crippen LogP contribution in [-0.4, -0.2) is 5.50 Å². The van der Waals surface area contributed by atoms with Crippen LogP contribution in [0.3, 0.4) is 0 Å². The molecule has 1 aliphatic rings. The number of benzene rings is 1. The molecular weight excluding hydrogens is 205 g/mol. The highest BCUT2D eigenvalue weighted by atomic mass is 35.5. The van der Waals surface area contributed by atoms with Gasteiger partial charge in [0.2, 0.25) is 0 Å². The summed E-state index contributed by atoms with van der Waals surface area (Å²) in [4.78, 5) is 0. The van der Waals surface area contributed by atoms with Gasteiger partial charge in [-0.05, 0) is 18.6 Å². The van der Waals surface area contributed by atoms with E-state index >= 15 is 0 Å². The fourth-order valence-electron chi connectivity index (χ4n) is 1.37. The molecule has 0 amide bonds. The van der Waals surface area contributed by atoms with Crippen LogP contribution in [0.1, 0.15) is 12.5 Å². The molecule has 1 heterocycles. The van der Waals surface area contributed by atoms with Gasteiger partial charge in [0.25, 0.3) is 0 Å². The molecule has 0 bridgehead atoms. The maximum absolute atomic E-state index is 6.15. The van der Waals surface area contributed by atoms with Crippen molar-refractivity contribution in [1.82, 2.24) is 0 Å². The van der Waals surface area contributed by atoms with E-state index in [0.717, 1.165) is 21.9 Å². The molecule has 1 nitrogen and oxygen atoms in total. The molecule has 0 saturated carbocycles. The van der Waals surface area contributed by atoms with Crippen LogP contribution < -0.4 is 5.32 Å². The van der Waals surface area contributed by atoms with E-state index in [-0.39, 0.29) is 5.50 Å². The van der Waals surface area contributed by atoms with Crippen LogP contribution in [0.4, 0.5) is 5.69 Å². The third-order valence-electron chi connectivity index (χ3n) is 2.17. The third-order valence-corrected chi connectivity index (χ3v) is 3.11. The molecule has 0 aliphatic carbocycles. The number of rotatable bonds is 0. The quantitative estimate of drug-likeness (QED) is 0.513. The Kier molecular flexibility index (Phi) is 2.22. The summed E-state index contributed by atoms with van der Waals surface area (Å²) in [5, 5.41) is 3.92. The van der Waals surface area contributed by atoms with Gasteiger partial charge in [0.15, 0.2) is 0 Å². The highest BCUT2D eigenvalue weighted by molar-refractivity contribution is 6.51. The highest BCUT2D eigenvalue weighted by Gasteiger charge is 2.20.